The summed E-state index contributed by atoms with van der Waals surface area (Å²) in [6.07, 6.45) is 0. The Balaban J connectivity index is 1.25. The molecule has 0 atom stereocenters. The van der Waals surface area contributed by atoms with Crippen LogP contribution in [-0.2, 0) is 0 Å². The molecule has 0 radical (unpaired) electrons. The van der Waals surface area contributed by atoms with Crippen LogP contribution < -0.4 is 0 Å². The van der Waals surface area contributed by atoms with Gasteiger partial charge in [-0.05, 0) is 52.6 Å². The molecule has 7 aromatic carbocycles. The fourth-order valence-corrected chi connectivity index (χ4v) is 7.12. The van der Waals surface area contributed by atoms with E-state index in [1.165, 1.54) is 11.1 Å². The van der Waals surface area contributed by atoms with Crippen molar-refractivity contribution in [1.29, 1.82) is 0 Å². The van der Waals surface area contributed by atoms with Gasteiger partial charge in [-0.1, -0.05) is 140 Å². The van der Waals surface area contributed by atoms with E-state index in [1.807, 2.05) is 54.6 Å². The van der Waals surface area contributed by atoms with Gasteiger partial charge in [-0.2, -0.15) is 9.97 Å². The maximum Gasteiger partial charge on any atom is 0.238 e. The number of rotatable bonds is 5. The van der Waals surface area contributed by atoms with Crippen molar-refractivity contribution in [3.8, 4) is 51.0 Å². The van der Waals surface area contributed by atoms with Gasteiger partial charge in [-0.3, -0.25) is 4.57 Å². The average molecular weight is 641 g/mol. The van der Waals surface area contributed by atoms with Gasteiger partial charge in [0.15, 0.2) is 11.6 Å². The predicted molar refractivity (Wildman–Crippen MR) is 203 cm³/mol. The van der Waals surface area contributed by atoms with Crippen molar-refractivity contribution in [2.75, 3.05) is 0 Å². The van der Waals surface area contributed by atoms with E-state index < -0.39 is 0 Å². The van der Waals surface area contributed by atoms with E-state index in [0.717, 1.165) is 66.0 Å². The molecule has 10 aromatic rings. The van der Waals surface area contributed by atoms with Crippen molar-refractivity contribution in [2.45, 2.75) is 0 Å². The highest BCUT2D eigenvalue weighted by Gasteiger charge is 2.21. The first-order valence-electron chi connectivity index (χ1n) is 16.7. The quantitative estimate of drug-likeness (QED) is 0.188. The number of hydrogen-bond donors (Lipinski definition) is 0. The van der Waals surface area contributed by atoms with Crippen LogP contribution in [0.4, 0.5) is 0 Å². The normalized spacial score (nSPS) is 11.6. The highest BCUT2D eigenvalue weighted by molar-refractivity contribution is 6.13. The Bertz CT molecular complexity index is 2800. The largest absolute Gasteiger partial charge is 0.456 e. The van der Waals surface area contributed by atoms with Crippen LogP contribution in [0.3, 0.4) is 0 Å². The zero-order valence-electron chi connectivity index (χ0n) is 26.9. The van der Waals surface area contributed by atoms with Crippen LogP contribution in [0.5, 0.6) is 0 Å². The standard InChI is InChI=1S/C45H28N4O/c1-3-13-29(14-4-1)30-23-25-31(26-24-30)33-27-37(42-36-19-9-12-22-40(36)50-41(42)28-33)44-46-43(32-15-5-2-6-16-32)47-45(48-44)49-38-20-10-7-17-34(38)35-18-8-11-21-39(35)49/h1-28H. The Morgan fingerprint density at radius 1 is 0.380 bits per heavy atom. The lowest BCUT2D eigenvalue weighted by Gasteiger charge is -2.13. The Morgan fingerprint density at radius 3 is 1.58 bits per heavy atom. The maximum absolute atomic E-state index is 6.53. The molecule has 0 spiro atoms. The SMILES string of the molecule is c1ccc(-c2ccc(-c3cc(-c4nc(-c5ccccc5)nc(-n5c6ccccc6c6ccccc65)n4)c4c(c3)oc3ccccc34)cc2)cc1. The second-order valence-corrected chi connectivity index (χ2v) is 12.5. The van der Waals surface area contributed by atoms with E-state index in [-0.39, 0.29) is 0 Å². The summed E-state index contributed by atoms with van der Waals surface area (Å²) in [5.41, 5.74) is 9.93. The van der Waals surface area contributed by atoms with Crippen LogP contribution >= 0.6 is 0 Å². The van der Waals surface area contributed by atoms with E-state index in [4.69, 9.17) is 19.4 Å². The lowest BCUT2D eigenvalue weighted by atomic mass is 9.96. The smallest absolute Gasteiger partial charge is 0.238 e. The minimum Gasteiger partial charge on any atom is -0.456 e. The van der Waals surface area contributed by atoms with Crippen LogP contribution in [-0.4, -0.2) is 19.5 Å². The summed E-state index contributed by atoms with van der Waals surface area (Å²) in [6.45, 7) is 0. The van der Waals surface area contributed by atoms with Gasteiger partial charge in [-0.15, -0.1) is 0 Å². The minimum atomic E-state index is 0.560. The zero-order chi connectivity index (χ0) is 33.0. The van der Waals surface area contributed by atoms with Gasteiger partial charge in [0.05, 0.1) is 11.0 Å². The van der Waals surface area contributed by atoms with Crippen molar-refractivity contribution < 1.29 is 4.42 Å². The van der Waals surface area contributed by atoms with Gasteiger partial charge in [-0.25, -0.2) is 4.98 Å². The third-order valence-corrected chi connectivity index (χ3v) is 9.48. The van der Waals surface area contributed by atoms with Gasteiger partial charge in [0.25, 0.3) is 0 Å². The number of para-hydroxylation sites is 3. The molecule has 0 bridgehead atoms. The molecule has 0 fully saturated rings. The van der Waals surface area contributed by atoms with Crippen molar-refractivity contribution in [2.24, 2.45) is 0 Å². The number of benzene rings is 7. The molecule has 0 unspecified atom stereocenters. The van der Waals surface area contributed by atoms with Crippen LogP contribution in [0, 0.1) is 0 Å². The third-order valence-electron chi connectivity index (χ3n) is 9.48. The summed E-state index contributed by atoms with van der Waals surface area (Å²) >= 11 is 0. The summed E-state index contributed by atoms with van der Waals surface area (Å²) in [6, 6.07) is 58.6. The third kappa shape index (κ3) is 4.60. The summed E-state index contributed by atoms with van der Waals surface area (Å²) in [5.74, 6) is 1.74. The molecule has 0 amide bonds. The molecule has 234 valence electrons. The second kappa shape index (κ2) is 11.4. The molecular weight excluding hydrogens is 613 g/mol. The molecule has 3 heterocycles. The van der Waals surface area contributed by atoms with E-state index >= 15 is 0 Å². The van der Waals surface area contributed by atoms with Gasteiger partial charge >= 0.3 is 0 Å². The van der Waals surface area contributed by atoms with Crippen LogP contribution in [0.25, 0.3) is 94.7 Å². The van der Waals surface area contributed by atoms with Crippen molar-refractivity contribution in [3.63, 3.8) is 0 Å². The summed E-state index contributed by atoms with van der Waals surface area (Å²) in [4.78, 5) is 15.6. The topological polar surface area (TPSA) is 56.7 Å². The molecule has 0 N–H and O–H groups in total. The number of aromatic nitrogens is 4. The monoisotopic (exact) mass is 640 g/mol. The predicted octanol–water partition coefficient (Wildman–Crippen LogP) is 11.5. The fourth-order valence-electron chi connectivity index (χ4n) is 7.12. The molecule has 5 nitrogen and oxygen atoms in total. The highest BCUT2D eigenvalue weighted by Crippen LogP contribution is 2.40. The molecule has 5 heteroatoms. The molecule has 0 aliphatic rings. The van der Waals surface area contributed by atoms with Crippen LogP contribution in [0.2, 0.25) is 0 Å². The average Bonchev–Trinajstić information content (AvgIpc) is 3.74. The Labute approximate surface area is 287 Å². The van der Waals surface area contributed by atoms with Crippen molar-refractivity contribution >= 4 is 43.7 Å². The van der Waals surface area contributed by atoms with E-state index in [2.05, 4.69) is 120 Å². The first-order valence-corrected chi connectivity index (χ1v) is 16.7. The molecule has 0 aliphatic carbocycles. The second-order valence-electron chi connectivity index (χ2n) is 12.5. The van der Waals surface area contributed by atoms with Crippen molar-refractivity contribution in [1.82, 2.24) is 19.5 Å². The lowest BCUT2D eigenvalue weighted by molar-refractivity contribution is 0.669. The Morgan fingerprint density at radius 2 is 0.900 bits per heavy atom. The fraction of sp³-hybridized carbons (Fsp3) is 0. The number of hydrogen-bond acceptors (Lipinski definition) is 4. The van der Waals surface area contributed by atoms with E-state index in [9.17, 15) is 0 Å². The Kier molecular flexibility index (Phi) is 6.42. The number of nitrogens with zero attached hydrogens (tertiary/aromatic N) is 4. The first kappa shape index (κ1) is 28.2. The van der Waals surface area contributed by atoms with E-state index in [1.54, 1.807) is 0 Å². The van der Waals surface area contributed by atoms with Crippen LogP contribution in [0.15, 0.2) is 174 Å². The number of fused-ring (bicyclic) bond motifs is 6. The van der Waals surface area contributed by atoms with Gasteiger partial charge in [0.1, 0.15) is 11.2 Å². The molecule has 10 rings (SSSR count). The molecule has 0 saturated heterocycles. The molecule has 0 saturated carbocycles. The molecule has 50 heavy (non-hydrogen) atoms. The van der Waals surface area contributed by atoms with Gasteiger partial charge < -0.3 is 4.42 Å². The Hall–Kier alpha value is -6.85. The molecule has 3 aromatic heterocycles. The zero-order valence-corrected chi connectivity index (χ0v) is 26.9. The van der Waals surface area contributed by atoms with Gasteiger partial charge in [0, 0.05) is 32.7 Å². The van der Waals surface area contributed by atoms with Gasteiger partial charge in [0.2, 0.25) is 5.95 Å². The number of furan rings is 1. The molecule has 0 aliphatic heterocycles. The van der Waals surface area contributed by atoms with E-state index in [0.29, 0.717) is 17.6 Å². The van der Waals surface area contributed by atoms with Crippen molar-refractivity contribution in [3.05, 3.63) is 170 Å². The summed E-state index contributed by atoms with van der Waals surface area (Å²) in [5, 5.41) is 4.29. The minimum absolute atomic E-state index is 0.560. The first-order chi connectivity index (χ1) is 24.8. The summed E-state index contributed by atoms with van der Waals surface area (Å²) < 4.78 is 8.68. The van der Waals surface area contributed by atoms with Crippen LogP contribution in [0.1, 0.15) is 0 Å². The highest BCUT2D eigenvalue weighted by atomic mass is 16.3. The summed E-state index contributed by atoms with van der Waals surface area (Å²) in [7, 11) is 0. The lowest BCUT2D eigenvalue weighted by Crippen LogP contribution is -2.06. The molecular formula is C45H28N4O. The maximum atomic E-state index is 6.53.